The van der Waals surface area contributed by atoms with Crippen molar-refractivity contribution in [1.29, 1.82) is 0 Å². The minimum Gasteiger partial charge on any atom is -0.358 e. The van der Waals surface area contributed by atoms with Crippen LogP contribution in [-0.2, 0) is 9.59 Å². The van der Waals surface area contributed by atoms with Gasteiger partial charge in [-0.15, -0.1) is 0 Å². The van der Waals surface area contributed by atoms with Crippen molar-refractivity contribution in [1.82, 2.24) is 10.2 Å². The first-order valence-corrected chi connectivity index (χ1v) is 4.30. The molecule has 0 fully saturated rings. The van der Waals surface area contributed by atoms with E-state index in [-0.39, 0.29) is 18.4 Å². The summed E-state index contributed by atoms with van der Waals surface area (Å²) in [4.78, 5) is 23.3. The molecule has 0 saturated heterocycles. The molecular weight excluding hydrogens is 176 g/mol. The van der Waals surface area contributed by atoms with Crippen LogP contribution in [0.25, 0.3) is 0 Å². The molecule has 0 aromatic heterocycles. The molecule has 0 bridgehead atoms. The molecule has 0 saturated carbocycles. The Kier molecular flexibility index (Phi) is 5.53. The minimum atomic E-state index is -0.162. The molecular formula is C7H14N2O2S. The summed E-state index contributed by atoms with van der Waals surface area (Å²) in [5.74, 6) is 0.287. The van der Waals surface area contributed by atoms with Crippen molar-refractivity contribution in [3.63, 3.8) is 0 Å². The van der Waals surface area contributed by atoms with Crippen molar-refractivity contribution < 1.29 is 9.59 Å². The van der Waals surface area contributed by atoms with Crippen LogP contribution in [0.1, 0.15) is 6.42 Å². The number of carbonyl (C=O) groups is 2. The summed E-state index contributed by atoms with van der Waals surface area (Å²) in [6, 6.07) is 0. The van der Waals surface area contributed by atoms with E-state index in [4.69, 9.17) is 0 Å². The summed E-state index contributed by atoms with van der Waals surface area (Å²) < 4.78 is 0. The highest BCUT2D eigenvalue weighted by molar-refractivity contribution is 7.80. The van der Waals surface area contributed by atoms with Crippen molar-refractivity contribution >= 4 is 24.4 Å². The lowest BCUT2D eigenvalue weighted by Crippen LogP contribution is -2.36. The number of nitrogens with one attached hydrogen (secondary N) is 1. The second-order valence-corrected chi connectivity index (χ2v) is 2.84. The molecule has 0 aliphatic heterocycles. The predicted octanol–water partition coefficient (Wildman–Crippen LogP) is -0.489. The van der Waals surface area contributed by atoms with Crippen molar-refractivity contribution in [2.45, 2.75) is 6.42 Å². The fraction of sp³-hybridized carbons (Fsp3) is 0.714. The van der Waals surface area contributed by atoms with E-state index in [0.29, 0.717) is 12.2 Å². The third-order valence-electron chi connectivity index (χ3n) is 1.41. The topological polar surface area (TPSA) is 49.4 Å². The lowest BCUT2D eigenvalue weighted by molar-refractivity contribution is -0.134. The fourth-order valence-electron chi connectivity index (χ4n) is 0.669. The van der Waals surface area contributed by atoms with Crippen LogP contribution in [0.3, 0.4) is 0 Å². The van der Waals surface area contributed by atoms with E-state index < -0.39 is 0 Å². The molecule has 0 unspecified atom stereocenters. The summed E-state index contributed by atoms with van der Waals surface area (Å²) in [7, 11) is 3.14. The quantitative estimate of drug-likeness (QED) is 0.588. The largest absolute Gasteiger partial charge is 0.358 e. The van der Waals surface area contributed by atoms with Gasteiger partial charge in [0.1, 0.15) is 0 Å². The molecule has 0 aromatic carbocycles. The molecule has 0 aliphatic carbocycles. The number of carbonyl (C=O) groups excluding carboxylic acids is 2. The van der Waals surface area contributed by atoms with E-state index in [1.54, 1.807) is 14.1 Å². The first-order valence-electron chi connectivity index (χ1n) is 3.67. The van der Waals surface area contributed by atoms with E-state index in [1.807, 2.05) is 0 Å². The van der Waals surface area contributed by atoms with Crippen LogP contribution < -0.4 is 5.32 Å². The van der Waals surface area contributed by atoms with E-state index in [0.717, 1.165) is 0 Å². The maximum absolute atomic E-state index is 11.1. The number of hydrogen-bond acceptors (Lipinski definition) is 3. The lowest BCUT2D eigenvalue weighted by Gasteiger charge is -2.14. The van der Waals surface area contributed by atoms with Gasteiger partial charge in [0.05, 0.1) is 6.54 Å². The molecule has 0 aromatic rings. The van der Waals surface area contributed by atoms with E-state index >= 15 is 0 Å². The average molecular weight is 190 g/mol. The van der Waals surface area contributed by atoms with Crippen molar-refractivity contribution in [3.05, 3.63) is 0 Å². The Labute approximate surface area is 77.7 Å². The van der Waals surface area contributed by atoms with Crippen LogP contribution in [0, 0.1) is 0 Å². The fourth-order valence-corrected chi connectivity index (χ4v) is 0.860. The van der Waals surface area contributed by atoms with Gasteiger partial charge < -0.3 is 10.2 Å². The second kappa shape index (κ2) is 5.88. The molecule has 2 amide bonds. The lowest BCUT2D eigenvalue weighted by atomic mass is 10.4. The Morgan fingerprint density at radius 1 is 1.50 bits per heavy atom. The summed E-state index contributed by atoms with van der Waals surface area (Å²) in [5, 5.41) is 2.44. The maximum Gasteiger partial charge on any atom is 0.239 e. The number of rotatable bonds is 4. The Morgan fingerprint density at radius 3 is 2.50 bits per heavy atom. The SMILES string of the molecule is CNC(=O)CN(C)C(=O)CCS. The summed E-state index contributed by atoms with van der Waals surface area (Å²) in [5.41, 5.74) is 0. The van der Waals surface area contributed by atoms with Crippen LogP contribution in [0.5, 0.6) is 0 Å². The molecule has 12 heavy (non-hydrogen) atoms. The van der Waals surface area contributed by atoms with Crippen LogP contribution in [-0.4, -0.2) is 43.1 Å². The standard InChI is InChI=1S/C7H14N2O2S/c1-8-6(10)5-9(2)7(11)3-4-12/h12H,3-5H2,1-2H3,(H,8,10). The molecule has 0 spiro atoms. The minimum absolute atomic E-state index is 0.0615. The van der Waals surface area contributed by atoms with Gasteiger partial charge in [-0.25, -0.2) is 0 Å². The van der Waals surface area contributed by atoms with E-state index in [2.05, 4.69) is 17.9 Å². The van der Waals surface area contributed by atoms with Gasteiger partial charge in [-0.1, -0.05) is 0 Å². The van der Waals surface area contributed by atoms with Gasteiger partial charge >= 0.3 is 0 Å². The van der Waals surface area contributed by atoms with Crippen molar-refractivity contribution in [2.24, 2.45) is 0 Å². The monoisotopic (exact) mass is 190 g/mol. The summed E-state index contributed by atoms with van der Waals surface area (Å²) in [6.45, 7) is 0.114. The summed E-state index contributed by atoms with van der Waals surface area (Å²) >= 11 is 3.92. The van der Waals surface area contributed by atoms with Gasteiger partial charge in [-0.2, -0.15) is 12.6 Å². The molecule has 4 nitrogen and oxygen atoms in total. The first kappa shape index (κ1) is 11.3. The molecule has 1 N–H and O–H groups in total. The highest BCUT2D eigenvalue weighted by atomic mass is 32.1. The highest BCUT2D eigenvalue weighted by Crippen LogP contribution is 1.91. The number of thiol groups is 1. The van der Waals surface area contributed by atoms with Crippen LogP contribution >= 0.6 is 12.6 Å². The smallest absolute Gasteiger partial charge is 0.239 e. The zero-order chi connectivity index (χ0) is 9.56. The van der Waals surface area contributed by atoms with Crippen LogP contribution in [0.15, 0.2) is 0 Å². The molecule has 0 heterocycles. The van der Waals surface area contributed by atoms with Gasteiger partial charge in [0.2, 0.25) is 11.8 Å². The number of nitrogens with zero attached hydrogens (tertiary/aromatic N) is 1. The normalized spacial score (nSPS) is 9.25. The highest BCUT2D eigenvalue weighted by Gasteiger charge is 2.09. The third kappa shape index (κ3) is 4.23. The summed E-state index contributed by atoms with van der Waals surface area (Å²) in [6.07, 6.45) is 0.372. The van der Waals surface area contributed by atoms with Gasteiger partial charge in [0, 0.05) is 20.5 Å². The average Bonchev–Trinajstić information content (AvgIpc) is 2.04. The Morgan fingerprint density at radius 2 is 2.08 bits per heavy atom. The van der Waals surface area contributed by atoms with Crippen LogP contribution in [0.2, 0.25) is 0 Å². The molecule has 0 atom stereocenters. The zero-order valence-electron chi connectivity index (χ0n) is 7.33. The zero-order valence-corrected chi connectivity index (χ0v) is 8.23. The molecule has 5 heteroatoms. The van der Waals surface area contributed by atoms with Gasteiger partial charge in [0.15, 0.2) is 0 Å². The van der Waals surface area contributed by atoms with Crippen molar-refractivity contribution in [3.8, 4) is 0 Å². The predicted molar refractivity (Wildman–Crippen MR) is 50.2 cm³/mol. The number of hydrogen-bond donors (Lipinski definition) is 2. The molecule has 0 radical (unpaired) electrons. The van der Waals surface area contributed by atoms with E-state index in [9.17, 15) is 9.59 Å². The maximum atomic E-state index is 11.1. The van der Waals surface area contributed by atoms with Gasteiger partial charge in [-0.05, 0) is 5.75 Å². The van der Waals surface area contributed by atoms with Gasteiger partial charge in [-0.3, -0.25) is 9.59 Å². The van der Waals surface area contributed by atoms with E-state index in [1.165, 1.54) is 4.90 Å². The van der Waals surface area contributed by atoms with Gasteiger partial charge in [0.25, 0.3) is 0 Å². The second-order valence-electron chi connectivity index (χ2n) is 2.40. The Bertz CT molecular complexity index is 173. The Balaban J connectivity index is 3.78. The van der Waals surface area contributed by atoms with Crippen LogP contribution in [0.4, 0.5) is 0 Å². The Hall–Kier alpha value is -0.710. The first-order chi connectivity index (χ1) is 5.61. The number of likely N-dealkylation sites (N-methyl/N-ethyl adjacent to an activating group) is 2. The molecule has 0 rings (SSSR count). The molecule has 0 aliphatic rings. The molecule has 70 valence electrons. The third-order valence-corrected chi connectivity index (χ3v) is 1.63. The van der Waals surface area contributed by atoms with Crippen molar-refractivity contribution in [2.75, 3.05) is 26.4 Å². The number of amides is 2.